The molecule has 0 saturated carbocycles. The maximum absolute atomic E-state index is 5.36. The van der Waals surface area contributed by atoms with Gasteiger partial charge < -0.3 is 19.3 Å². The van der Waals surface area contributed by atoms with Gasteiger partial charge in [0, 0.05) is 37.9 Å². The van der Waals surface area contributed by atoms with Gasteiger partial charge in [0.2, 0.25) is 5.89 Å². The Balaban J connectivity index is 0.00000261. The molecule has 1 N–H and O–H groups in total. The minimum atomic E-state index is -0.145. The highest BCUT2D eigenvalue weighted by Gasteiger charge is 2.29. The third kappa shape index (κ3) is 5.20. The molecule has 8 nitrogen and oxygen atoms in total. The standard InChI is InChI=1S/C18H29N7O.HI/c1-13-6-8-24(11-14(13)25-9-7-20-12-25)17(19-5)21-10-15-22-16(26-23-15)18(2,3)4;/h7,9,12-14H,6,8,10-11H2,1-5H3,(H,19,21);1H. The van der Waals surface area contributed by atoms with Crippen LogP contribution in [0.1, 0.15) is 51.9 Å². The van der Waals surface area contributed by atoms with Gasteiger partial charge in [0.1, 0.15) is 0 Å². The molecule has 1 aliphatic rings. The molecule has 0 bridgehead atoms. The van der Waals surface area contributed by atoms with Gasteiger partial charge in [0.15, 0.2) is 11.8 Å². The van der Waals surface area contributed by atoms with Crippen molar-refractivity contribution in [3.8, 4) is 0 Å². The van der Waals surface area contributed by atoms with E-state index in [1.54, 1.807) is 0 Å². The van der Waals surface area contributed by atoms with E-state index in [0.29, 0.717) is 30.2 Å². The van der Waals surface area contributed by atoms with Gasteiger partial charge in [-0.3, -0.25) is 4.99 Å². The topological polar surface area (TPSA) is 84.4 Å². The third-order valence-electron chi connectivity index (χ3n) is 4.85. The molecule has 1 fully saturated rings. The minimum absolute atomic E-state index is 0. The van der Waals surface area contributed by atoms with Crippen molar-refractivity contribution < 1.29 is 4.52 Å². The number of nitrogens with zero attached hydrogens (tertiary/aromatic N) is 6. The van der Waals surface area contributed by atoms with Crippen LogP contribution in [0.5, 0.6) is 0 Å². The first kappa shape index (κ1) is 21.6. The van der Waals surface area contributed by atoms with Crippen molar-refractivity contribution in [2.45, 2.75) is 52.1 Å². The van der Waals surface area contributed by atoms with Crippen LogP contribution >= 0.6 is 24.0 Å². The van der Waals surface area contributed by atoms with E-state index < -0.39 is 0 Å². The van der Waals surface area contributed by atoms with E-state index in [1.807, 2.05) is 25.8 Å². The molecule has 0 aliphatic carbocycles. The lowest BCUT2D eigenvalue weighted by Gasteiger charge is -2.39. The minimum Gasteiger partial charge on any atom is -0.349 e. The highest BCUT2D eigenvalue weighted by Crippen LogP contribution is 2.27. The molecular weight excluding hydrogens is 457 g/mol. The van der Waals surface area contributed by atoms with E-state index in [4.69, 9.17) is 4.52 Å². The average Bonchev–Trinajstić information content (AvgIpc) is 3.27. The van der Waals surface area contributed by atoms with Crippen LogP contribution in [0.2, 0.25) is 0 Å². The molecule has 2 unspecified atom stereocenters. The van der Waals surface area contributed by atoms with Gasteiger partial charge >= 0.3 is 0 Å². The van der Waals surface area contributed by atoms with E-state index in [2.05, 4.69) is 62.6 Å². The van der Waals surface area contributed by atoms with Gasteiger partial charge in [0.05, 0.1) is 18.9 Å². The van der Waals surface area contributed by atoms with Crippen LogP contribution in [-0.2, 0) is 12.0 Å². The normalized spacial score (nSPS) is 21.1. The summed E-state index contributed by atoms with van der Waals surface area (Å²) >= 11 is 0. The fraction of sp³-hybridized carbons (Fsp3) is 0.667. The molecule has 27 heavy (non-hydrogen) atoms. The first-order valence-electron chi connectivity index (χ1n) is 9.14. The number of nitrogens with one attached hydrogen (secondary N) is 1. The lowest BCUT2D eigenvalue weighted by Crippen LogP contribution is -2.48. The van der Waals surface area contributed by atoms with Crippen molar-refractivity contribution in [3.63, 3.8) is 0 Å². The van der Waals surface area contributed by atoms with Gasteiger partial charge in [-0.2, -0.15) is 4.98 Å². The quantitative estimate of drug-likeness (QED) is 0.407. The van der Waals surface area contributed by atoms with E-state index in [-0.39, 0.29) is 29.4 Å². The summed E-state index contributed by atoms with van der Waals surface area (Å²) in [5, 5.41) is 7.43. The monoisotopic (exact) mass is 487 g/mol. The van der Waals surface area contributed by atoms with Crippen molar-refractivity contribution >= 4 is 29.9 Å². The fourth-order valence-corrected chi connectivity index (χ4v) is 3.22. The van der Waals surface area contributed by atoms with Gasteiger partial charge in [-0.1, -0.05) is 32.9 Å². The number of hydrogen-bond acceptors (Lipinski definition) is 5. The Labute approximate surface area is 177 Å². The van der Waals surface area contributed by atoms with Crippen LogP contribution in [0.3, 0.4) is 0 Å². The molecule has 150 valence electrons. The largest absolute Gasteiger partial charge is 0.349 e. The van der Waals surface area contributed by atoms with Crippen molar-refractivity contribution in [1.82, 2.24) is 29.9 Å². The zero-order chi connectivity index (χ0) is 18.7. The molecule has 0 radical (unpaired) electrons. The van der Waals surface area contributed by atoms with Gasteiger partial charge in [0.25, 0.3) is 0 Å². The van der Waals surface area contributed by atoms with Crippen molar-refractivity contribution in [1.29, 1.82) is 0 Å². The summed E-state index contributed by atoms with van der Waals surface area (Å²) in [6, 6.07) is 0.391. The lowest BCUT2D eigenvalue weighted by molar-refractivity contribution is 0.189. The molecular formula is C18H30IN7O. The Morgan fingerprint density at radius 1 is 1.41 bits per heavy atom. The predicted molar refractivity (Wildman–Crippen MR) is 115 cm³/mol. The number of guanidine groups is 1. The van der Waals surface area contributed by atoms with Gasteiger partial charge in [-0.25, -0.2) is 4.98 Å². The molecule has 0 aromatic carbocycles. The van der Waals surface area contributed by atoms with Crippen molar-refractivity contribution in [2.75, 3.05) is 20.1 Å². The number of aromatic nitrogens is 4. The van der Waals surface area contributed by atoms with Crippen LogP contribution in [0, 0.1) is 5.92 Å². The zero-order valence-electron chi connectivity index (χ0n) is 16.7. The maximum Gasteiger partial charge on any atom is 0.232 e. The molecule has 2 aromatic heterocycles. The van der Waals surface area contributed by atoms with E-state index in [9.17, 15) is 0 Å². The molecule has 1 aliphatic heterocycles. The summed E-state index contributed by atoms with van der Waals surface area (Å²) in [6.45, 7) is 10.8. The third-order valence-corrected chi connectivity index (χ3v) is 4.85. The first-order chi connectivity index (χ1) is 12.4. The number of hydrogen-bond donors (Lipinski definition) is 1. The Hall–Kier alpha value is -1.65. The number of halogens is 1. The highest BCUT2D eigenvalue weighted by molar-refractivity contribution is 14.0. The zero-order valence-corrected chi connectivity index (χ0v) is 19.0. The average molecular weight is 487 g/mol. The van der Waals surface area contributed by atoms with Crippen molar-refractivity contribution in [2.24, 2.45) is 10.9 Å². The number of imidazole rings is 1. The van der Waals surface area contributed by atoms with Crippen LogP contribution in [0.25, 0.3) is 0 Å². The molecule has 1 saturated heterocycles. The second-order valence-corrected chi connectivity index (χ2v) is 7.96. The summed E-state index contributed by atoms with van der Waals surface area (Å²) in [4.78, 5) is 15.4. The Morgan fingerprint density at radius 3 is 2.78 bits per heavy atom. The van der Waals surface area contributed by atoms with Crippen LogP contribution < -0.4 is 5.32 Å². The summed E-state index contributed by atoms with van der Waals surface area (Å²) in [7, 11) is 1.81. The fourth-order valence-electron chi connectivity index (χ4n) is 3.22. The number of aliphatic imine (C=N–C) groups is 1. The SMILES string of the molecule is CN=C(NCc1noc(C(C)(C)C)n1)N1CCC(C)C(n2ccnc2)C1.I. The molecule has 3 heterocycles. The predicted octanol–water partition coefficient (Wildman–Crippen LogP) is 2.84. The molecule has 9 heteroatoms. The van der Waals surface area contributed by atoms with E-state index in [1.165, 1.54) is 0 Å². The van der Waals surface area contributed by atoms with Gasteiger partial charge in [-0.05, 0) is 12.3 Å². The second kappa shape index (κ2) is 9.03. The molecule has 2 atom stereocenters. The van der Waals surface area contributed by atoms with E-state index >= 15 is 0 Å². The molecule has 3 rings (SSSR count). The number of likely N-dealkylation sites (tertiary alicyclic amines) is 1. The van der Waals surface area contributed by atoms with Crippen LogP contribution in [0.15, 0.2) is 28.2 Å². The molecule has 2 aromatic rings. The Morgan fingerprint density at radius 2 is 2.19 bits per heavy atom. The Bertz CT molecular complexity index is 735. The summed E-state index contributed by atoms with van der Waals surface area (Å²) in [6.07, 6.45) is 6.88. The Kier molecular flexibility index (Phi) is 7.24. The summed E-state index contributed by atoms with van der Waals surface area (Å²) in [5.41, 5.74) is -0.145. The summed E-state index contributed by atoms with van der Waals surface area (Å²) < 4.78 is 7.55. The second-order valence-electron chi connectivity index (χ2n) is 7.96. The number of rotatable bonds is 3. The summed E-state index contributed by atoms with van der Waals surface area (Å²) in [5.74, 6) is 2.76. The first-order valence-corrected chi connectivity index (χ1v) is 9.14. The van der Waals surface area contributed by atoms with E-state index in [0.717, 1.165) is 25.5 Å². The maximum atomic E-state index is 5.36. The number of piperidine rings is 1. The van der Waals surface area contributed by atoms with Crippen LogP contribution in [-0.4, -0.2) is 50.7 Å². The highest BCUT2D eigenvalue weighted by atomic mass is 127. The van der Waals surface area contributed by atoms with Crippen molar-refractivity contribution in [3.05, 3.63) is 30.4 Å². The smallest absolute Gasteiger partial charge is 0.232 e. The lowest BCUT2D eigenvalue weighted by atomic mass is 9.93. The molecule has 0 amide bonds. The molecule has 0 spiro atoms. The van der Waals surface area contributed by atoms with Crippen LogP contribution in [0.4, 0.5) is 0 Å². The van der Waals surface area contributed by atoms with Gasteiger partial charge in [-0.15, -0.1) is 24.0 Å².